The number of benzene rings is 1. The summed E-state index contributed by atoms with van der Waals surface area (Å²) in [4.78, 5) is -0.0666. The highest BCUT2D eigenvalue weighted by Crippen LogP contribution is 2.08. The van der Waals surface area contributed by atoms with E-state index in [2.05, 4.69) is 10.2 Å². The Kier molecular flexibility index (Phi) is 7.11. The zero-order valence-corrected chi connectivity index (χ0v) is 14.0. The Hall–Kier alpha value is -2.69. The number of nitrogens with one attached hydrogen (secondary N) is 1. The number of hydrogen-bond acceptors (Lipinski definition) is 5. The molecular formula is C14H19N5O4S. The maximum atomic E-state index is 10.5. The van der Waals surface area contributed by atoms with Crippen molar-refractivity contribution in [3.05, 3.63) is 53.9 Å². The zero-order chi connectivity index (χ0) is 18.2. The van der Waals surface area contributed by atoms with Gasteiger partial charge in [-0.1, -0.05) is 17.7 Å². The minimum Gasteiger partial charge on any atom is -0.367 e. The van der Waals surface area contributed by atoms with Crippen LogP contribution in [0.2, 0.25) is 0 Å². The van der Waals surface area contributed by atoms with E-state index in [9.17, 15) is 8.42 Å². The van der Waals surface area contributed by atoms with E-state index >= 15 is 0 Å². The van der Waals surface area contributed by atoms with Crippen LogP contribution < -0.4 is 11.2 Å². The fourth-order valence-electron chi connectivity index (χ4n) is 1.49. The van der Waals surface area contributed by atoms with E-state index in [1.807, 2.05) is 36.9 Å². The summed E-state index contributed by atoms with van der Waals surface area (Å²) in [6, 6.07) is 9.75. The molecule has 2 aromatic rings. The van der Waals surface area contributed by atoms with Gasteiger partial charge in [-0.3, -0.25) is 9.76 Å². The smallest absolute Gasteiger partial charge is 0.294 e. The number of guanidine groups is 1. The van der Waals surface area contributed by atoms with Gasteiger partial charge in [0.25, 0.3) is 10.1 Å². The molecule has 0 unspecified atom stereocenters. The number of rotatable bonds is 3. The monoisotopic (exact) mass is 353 g/mol. The predicted octanol–water partition coefficient (Wildman–Crippen LogP) is 0.894. The minimum atomic E-state index is -4.02. The Morgan fingerprint density at radius 2 is 1.92 bits per heavy atom. The van der Waals surface area contributed by atoms with E-state index in [1.165, 1.54) is 18.3 Å². The van der Waals surface area contributed by atoms with Gasteiger partial charge in [0.2, 0.25) is 5.96 Å². The van der Waals surface area contributed by atoms with Crippen LogP contribution in [0.25, 0.3) is 0 Å². The molecule has 130 valence electrons. The number of hydroxylamine groups is 1. The number of nitrogens with zero attached hydrogens (tertiary/aromatic N) is 3. The Morgan fingerprint density at radius 3 is 2.38 bits per heavy atom. The molecule has 1 aromatic carbocycles. The average molecular weight is 353 g/mol. The van der Waals surface area contributed by atoms with Gasteiger partial charge in [-0.05, 0) is 31.2 Å². The third-order valence-electron chi connectivity index (χ3n) is 2.77. The van der Waals surface area contributed by atoms with E-state index < -0.39 is 10.1 Å². The van der Waals surface area contributed by atoms with Crippen LogP contribution >= 0.6 is 0 Å². The Labute approximate surface area is 139 Å². The second-order valence-electron chi connectivity index (χ2n) is 4.67. The Morgan fingerprint density at radius 1 is 1.29 bits per heavy atom. The van der Waals surface area contributed by atoms with Crippen LogP contribution in [0, 0.1) is 6.92 Å². The molecule has 0 aliphatic rings. The molecule has 0 bridgehead atoms. The van der Waals surface area contributed by atoms with Crippen molar-refractivity contribution in [3.8, 4) is 0 Å². The van der Waals surface area contributed by atoms with Crippen LogP contribution in [0.5, 0.6) is 0 Å². The molecule has 1 aromatic heterocycles. The van der Waals surface area contributed by atoms with Crippen molar-refractivity contribution in [2.45, 2.75) is 11.8 Å². The third-order valence-corrected chi connectivity index (χ3v) is 3.64. The number of hydrogen-bond donors (Lipinski definition) is 4. The highest BCUT2D eigenvalue weighted by molar-refractivity contribution is 7.85. The van der Waals surface area contributed by atoms with Crippen LogP contribution in [0.4, 0.5) is 0 Å². The van der Waals surface area contributed by atoms with E-state index in [1.54, 1.807) is 17.6 Å². The predicted molar refractivity (Wildman–Crippen MR) is 90.5 cm³/mol. The first-order valence-electron chi connectivity index (χ1n) is 6.66. The van der Waals surface area contributed by atoms with Gasteiger partial charge in [0.15, 0.2) is 0 Å². The maximum absolute atomic E-state index is 10.5. The van der Waals surface area contributed by atoms with Crippen LogP contribution in [-0.2, 0) is 17.2 Å². The van der Waals surface area contributed by atoms with Crippen molar-refractivity contribution in [1.29, 1.82) is 0 Å². The SMILES string of the molecule is Cc1ccc(S(=O)(=O)O)cc1.Cn1cccc1C=NN=C(N)NO. The molecule has 1 heterocycles. The molecule has 9 nitrogen and oxygen atoms in total. The van der Waals surface area contributed by atoms with Gasteiger partial charge in [-0.2, -0.15) is 13.5 Å². The maximum Gasteiger partial charge on any atom is 0.294 e. The van der Waals surface area contributed by atoms with E-state index in [0.717, 1.165) is 11.3 Å². The second-order valence-corrected chi connectivity index (χ2v) is 6.10. The molecular weight excluding hydrogens is 334 g/mol. The summed E-state index contributed by atoms with van der Waals surface area (Å²) >= 11 is 0. The summed E-state index contributed by atoms with van der Waals surface area (Å²) in [6.07, 6.45) is 3.42. The fraction of sp³-hybridized carbons (Fsp3) is 0.143. The standard InChI is InChI=1S/C7H11N5O.C7H8O3S/c1-12-4-2-3-6(12)5-9-10-7(8)11-13;1-6-2-4-7(5-3-6)11(8,9)10/h2-5,13H,1H3,(H3,8,10,11);2-5H,1H3,(H,8,9,10). The molecule has 0 aliphatic heterocycles. The Balaban J connectivity index is 0.000000243. The van der Waals surface area contributed by atoms with Crippen molar-refractivity contribution in [3.63, 3.8) is 0 Å². The molecule has 0 saturated carbocycles. The van der Waals surface area contributed by atoms with Gasteiger partial charge in [0.05, 0.1) is 16.8 Å². The average Bonchev–Trinajstić information content (AvgIpc) is 2.92. The topological polar surface area (TPSA) is 142 Å². The molecule has 0 atom stereocenters. The molecule has 0 radical (unpaired) electrons. The van der Waals surface area contributed by atoms with Crippen molar-refractivity contribution < 1.29 is 18.2 Å². The lowest BCUT2D eigenvalue weighted by Crippen LogP contribution is -2.27. The lowest BCUT2D eigenvalue weighted by atomic mass is 10.2. The number of aryl methyl sites for hydroxylation is 2. The van der Waals surface area contributed by atoms with Gasteiger partial charge < -0.3 is 10.3 Å². The normalized spacial score (nSPS) is 11.9. The van der Waals surface area contributed by atoms with Crippen molar-refractivity contribution in [1.82, 2.24) is 10.0 Å². The molecule has 0 aliphatic carbocycles. The van der Waals surface area contributed by atoms with Crippen molar-refractivity contribution in [2.75, 3.05) is 0 Å². The quantitative estimate of drug-likeness (QED) is 0.279. The summed E-state index contributed by atoms with van der Waals surface area (Å²) in [5.41, 5.74) is 8.64. The highest BCUT2D eigenvalue weighted by atomic mass is 32.2. The van der Waals surface area contributed by atoms with Gasteiger partial charge in [-0.15, -0.1) is 5.10 Å². The van der Waals surface area contributed by atoms with Gasteiger partial charge in [0, 0.05) is 13.2 Å². The van der Waals surface area contributed by atoms with Crippen molar-refractivity contribution >= 4 is 22.3 Å². The first-order chi connectivity index (χ1) is 11.2. The first-order valence-corrected chi connectivity index (χ1v) is 8.10. The van der Waals surface area contributed by atoms with E-state index in [-0.39, 0.29) is 10.9 Å². The summed E-state index contributed by atoms with van der Waals surface area (Å²) < 4.78 is 31.4. The minimum absolute atomic E-state index is 0.0666. The van der Waals surface area contributed by atoms with Crippen molar-refractivity contribution in [2.24, 2.45) is 23.0 Å². The second kappa shape index (κ2) is 8.82. The summed E-state index contributed by atoms with van der Waals surface area (Å²) in [5.74, 6) is -0.148. The van der Waals surface area contributed by atoms with E-state index in [4.69, 9.17) is 15.5 Å². The molecule has 0 fully saturated rings. The van der Waals surface area contributed by atoms with E-state index in [0.29, 0.717) is 0 Å². The largest absolute Gasteiger partial charge is 0.367 e. The highest BCUT2D eigenvalue weighted by Gasteiger charge is 2.06. The molecule has 24 heavy (non-hydrogen) atoms. The number of nitrogens with two attached hydrogens (primary N) is 1. The Bertz CT molecular complexity index is 810. The number of aromatic nitrogens is 1. The molecule has 5 N–H and O–H groups in total. The van der Waals surface area contributed by atoms with Crippen LogP contribution in [0.1, 0.15) is 11.3 Å². The summed E-state index contributed by atoms with van der Waals surface area (Å²) in [6.45, 7) is 1.84. The van der Waals surface area contributed by atoms with Gasteiger partial charge >= 0.3 is 0 Å². The lowest BCUT2D eigenvalue weighted by molar-refractivity contribution is 0.232. The summed E-state index contributed by atoms with van der Waals surface area (Å²) in [7, 11) is -2.13. The molecule has 0 amide bonds. The zero-order valence-electron chi connectivity index (χ0n) is 13.2. The fourth-order valence-corrected chi connectivity index (χ4v) is 1.97. The lowest BCUT2D eigenvalue weighted by Gasteiger charge is -1.95. The molecule has 2 rings (SSSR count). The first kappa shape index (κ1) is 19.4. The van der Waals surface area contributed by atoms with Crippen LogP contribution in [0.15, 0.2) is 57.7 Å². The molecule has 0 saturated heterocycles. The van der Waals surface area contributed by atoms with Crippen LogP contribution in [-0.4, -0.2) is 34.9 Å². The molecule has 10 heteroatoms. The van der Waals surface area contributed by atoms with Gasteiger partial charge in [-0.25, -0.2) is 5.48 Å². The third kappa shape index (κ3) is 6.60. The summed E-state index contributed by atoms with van der Waals surface area (Å²) in [5, 5.41) is 15.3. The van der Waals surface area contributed by atoms with Gasteiger partial charge in [0.1, 0.15) is 0 Å². The molecule has 0 spiro atoms. The van der Waals surface area contributed by atoms with Crippen LogP contribution in [0.3, 0.4) is 0 Å².